The molecule has 182 valence electrons. The zero-order valence-electron chi connectivity index (χ0n) is 20.5. The molecule has 1 atom stereocenters. The molecule has 1 aliphatic rings. The Morgan fingerprint density at radius 2 is 1.86 bits per heavy atom. The van der Waals surface area contributed by atoms with Crippen molar-refractivity contribution in [2.75, 3.05) is 11.5 Å². The van der Waals surface area contributed by atoms with E-state index in [1.54, 1.807) is 61.5 Å². The van der Waals surface area contributed by atoms with Gasteiger partial charge in [-0.3, -0.25) is 14.5 Å². The van der Waals surface area contributed by atoms with Crippen LogP contribution in [0.5, 0.6) is 11.5 Å². The van der Waals surface area contributed by atoms with Crippen LogP contribution in [0.2, 0.25) is 0 Å². The van der Waals surface area contributed by atoms with Crippen LogP contribution in [0.3, 0.4) is 0 Å². The molecule has 4 rings (SSSR count). The van der Waals surface area contributed by atoms with Crippen LogP contribution in [-0.2, 0) is 9.59 Å². The molecule has 35 heavy (non-hydrogen) atoms. The number of rotatable bonds is 7. The van der Waals surface area contributed by atoms with E-state index in [0.717, 1.165) is 5.56 Å². The second kappa shape index (κ2) is 9.70. The first-order valence-corrected chi connectivity index (χ1v) is 11.6. The third-order valence-electron chi connectivity index (χ3n) is 5.69. The van der Waals surface area contributed by atoms with Gasteiger partial charge in [0.25, 0.3) is 11.7 Å². The number of aliphatic hydroxyl groups is 1. The van der Waals surface area contributed by atoms with Crippen molar-refractivity contribution in [1.29, 1.82) is 0 Å². The number of ether oxygens (including phenoxy) is 2. The molecule has 0 radical (unpaired) electrons. The van der Waals surface area contributed by atoms with E-state index in [-0.39, 0.29) is 17.4 Å². The van der Waals surface area contributed by atoms with E-state index in [4.69, 9.17) is 13.9 Å². The van der Waals surface area contributed by atoms with Gasteiger partial charge in [0.05, 0.1) is 18.3 Å². The summed E-state index contributed by atoms with van der Waals surface area (Å²) in [4.78, 5) is 27.9. The van der Waals surface area contributed by atoms with E-state index in [1.807, 2.05) is 27.7 Å². The minimum atomic E-state index is -0.938. The van der Waals surface area contributed by atoms with Gasteiger partial charge in [0.2, 0.25) is 0 Å². The molecule has 1 saturated heterocycles. The first kappa shape index (κ1) is 24.1. The fourth-order valence-corrected chi connectivity index (χ4v) is 4.20. The van der Waals surface area contributed by atoms with E-state index in [2.05, 4.69) is 0 Å². The maximum absolute atomic E-state index is 13.3. The van der Waals surface area contributed by atoms with Crippen molar-refractivity contribution in [3.63, 3.8) is 0 Å². The molecule has 3 aromatic rings. The molecule has 7 nitrogen and oxygen atoms in total. The molecule has 1 aliphatic heterocycles. The highest BCUT2D eigenvalue weighted by atomic mass is 16.5. The summed E-state index contributed by atoms with van der Waals surface area (Å²) in [5.41, 5.74) is 1.64. The van der Waals surface area contributed by atoms with Crippen molar-refractivity contribution in [3.8, 4) is 11.5 Å². The number of nitrogens with zero attached hydrogens (tertiary/aromatic N) is 1. The number of carbonyl (C=O) groups is 2. The summed E-state index contributed by atoms with van der Waals surface area (Å²) < 4.78 is 17.2. The van der Waals surface area contributed by atoms with Gasteiger partial charge in [-0.15, -0.1) is 0 Å². The van der Waals surface area contributed by atoms with Crippen LogP contribution in [-0.4, -0.2) is 29.5 Å². The number of hydrogen-bond donors (Lipinski definition) is 1. The van der Waals surface area contributed by atoms with Gasteiger partial charge in [0, 0.05) is 17.3 Å². The SMILES string of the molecule is CCOc1cccc(N2C(=O)C(=O)/C(=C(\O)c3ccc(OC(C)C)c(C)c3)C2c2ccc(C)o2)c1. The molecule has 7 heteroatoms. The van der Waals surface area contributed by atoms with Crippen LogP contribution >= 0.6 is 0 Å². The summed E-state index contributed by atoms with van der Waals surface area (Å²) in [5, 5.41) is 11.3. The number of benzene rings is 2. The van der Waals surface area contributed by atoms with E-state index in [1.165, 1.54) is 4.90 Å². The largest absolute Gasteiger partial charge is 0.507 e. The number of aliphatic hydroxyl groups excluding tert-OH is 1. The molecule has 1 aromatic heterocycles. The Morgan fingerprint density at radius 1 is 1.09 bits per heavy atom. The molecule has 0 saturated carbocycles. The molecule has 0 aliphatic carbocycles. The van der Waals surface area contributed by atoms with Gasteiger partial charge in [0.1, 0.15) is 34.8 Å². The van der Waals surface area contributed by atoms with Gasteiger partial charge in [0.15, 0.2) is 0 Å². The monoisotopic (exact) mass is 475 g/mol. The quantitative estimate of drug-likeness (QED) is 0.268. The Kier molecular flexibility index (Phi) is 6.69. The average Bonchev–Trinajstić information content (AvgIpc) is 3.35. The lowest BCUT2D eigenvalue weighted by molar-refractivity contribution is -0.132. The maximum atomic E-state index is 13.3. The van der Waals surface area contributed by atoms with Crippen molar-refractivity contribution >= 4 is 23.1 Å². The van der Waals surface area contributed by atoms with Gasteiger partial charge < -0.3 is 19.0 Å². The van der Waals surface area contributed by atoms with E-state index >= 15 is 0 Å². The maximum Gasteiger partial charge on any atom is 0.300 e. The average molecular weight is 476 g/mol. The predicted octanol–water partition coefficient (Wildman–Crippen LogP) is 5.71. The van der Waals surface area contributed by atoms with Crippen molar-refractivity contribution in [2.45, 2.75) is 46.8 Å². The predicted molar refractivity (Wildman–Crippen MR) is 133 cm³/mol. The lowest BCUT2D eigenvalue weighted by Gasteiger charge is -2.24. The summed E-state index contributed by atoms with van der Waals surface area (Å²) >= 11 is 0. The minimum absolute atomic E-state index is 0.00637. The number of ketones is 1. The molecule has 2 aromatic carbocycles. The Balaban J connectivity index is 1.86. The Morgan fingerprint density at radius 3 is 2.49 bits per heavy atom. The van der Waals surface area contributed by atoms with Crippen LogP contribution in [0.1, 0.15) is 49.5 Å². The third-order valence-corrected chi connectivity index (χ3v) is 5.69. The van der Waals surface area contributed by atoms with Crippen molar-refractivity contribution in [1.82, 2.24) is 0 Å². The zero-order valence-corrected chi connectivity index (χ0v) is 20.5. The highest BCUT2D eigenvalue weighted by Gasteiger charge is 2.48. The van der Waals surface area contributed by atoms with Crippen molar-refractivity contribution < 1.29 is 28.6 Å². The van der Waals surface area contributed by atoms with E-state index in [0.29, 0.717) is 40.9 Å². The molecule has 1 unspecified atom stereocenters. The van der Waals surface area contributed by atoms with Crippen molar-refractivity contribution in [2.24, 2.45) is 0 Å². The second-order valence-electron chi connectivity index (χ2n) is 8.69. The normalized spacial score (nSPS) is 17.3. The molecule has 1 amide bonds. The Bertz CT molecular complexity index is 1300. The van der Waals surface area contributed by atoms with Gasteiger partial charge in [-0.25, -0.2) is 0 Å². The standard InChI is InChI=1S/C28H29NO6/c1-6-33-21-9-7-8-20(15-21)29-25(23-12-10-18(5)35-23)24(27(31)28(29)32)26(30)19-11-13-22(17(4)14-19)34-16(2)3/h7-16,25,30H,6H2,1-5H3/b26-24-. The second-order valence-corrected chi connectivity index (χ2v) is 8.69. The summed E-state index contributed by atoms with van der Waals surface area (Å²) in [7, 11) is 0. The highest BCUT2D eigenvalue weighted by Crippen LogP contribution is 2.43. The van der Waals surface area contributed by atoms with E-state index in [9.17, 15) is 14.7 Å². The molecule has 0 spiro atoms. The first-order chi connectivity index (χ1) is 16.7. The van der Waals surface area contributed by atoms with Gasteiger partial charge in [-0.05, 0) is 82.6 Å². The molecule has 0 bridgehead atoms. The fourth-order valence-electron chi connectivity index (χ4n) is 4.20. The van der Waals surface area contributed by atoms with Crippen LogP contribution in [0.25, 0.3) is 5.76 Å². The smallest absolute Gasteiger partial charge is 0.300 e. The van der Waals surface area contributed by atoms with E-state index < -0.39 is 17.7 Å². The lowest BCUT2D eigenvalue weighted by atomic mass is 9.98. The molecule has 1 N–H and O–H groups in total. The number of amides is 1. The number of carbonyl (C=O) groups excluding carboxylic acids is 2. The minimum Gasteiger partial charge on any atom is -0.507 e. The molecule has 1 fully saturated rings. The zero-order chi connectivity index (χ0) is 25.3. The summed E-state index contributed by atoms with van der Waals surface area (Å²) in [6.07, 6.45) is -0.00637. The first-order valence-electron chi connectivity index (χ1n) is 11.6. The topological polar surface area (TPSA) is 89.2 Å². The molecule has 2 heterocycles. The summed E-state index contributed by atoms with van der Waals surface area (Å²) in [5.74, 6) is 0.436. The van der Waals surface area contributed by atoms with Crippen LogP contribution in [0.4, 0.5) is 5.69 Å². The number of hydrogen-bond acceptors (Lipinski definition) is 6. The number of anilines is 1. The third kappa shape index (κ3) is 4.67. The van der Waals surface area contributed by atoms with Gasteiger partial charge >= 0.3 is 0 Å². The van der Waals surface area contributed by atoms with Crippen molar-refractivity contribution in [3.05, 3.63) is 82.8 Å². The lowest BCUT2D eigenvalue weighted by Crippen LogP contribution is -2.29. The molecular weight excluding hydrogens is 446 g/mol. The van der Waals surface area contributed by atoms with Crippen LogP contribution in [0, 0.1) is 13.8 Å². The van der Waals surface area contributed by atoms with Gasteiger partial charge in [-0.1, -0.05) is 6.07 Å². The summed E-state index contributed by atoms with van der Waals surface area (Å²) in [6, 6.07) is 14.6. The summed E-state index contributed by atoms with van der Waals surface area (Å²) in [6.45, 7) is 9.83. The Labute approximate surface area is 204 Å². The highest BCUT2D eigenvalue weighted by molar-refractivity contribution is 6.51. The van der Waals surface area contributed by atoms with Crippen LogP contribution < -0.4 is 14.4 Å². The molecular formula is C28H29NO6. The number of aryl methyl sites for hydroxylation is 2. The van der Waals surface area contributed by atoms with Gasteiger partial charge in [-0.2, -0.15) is 0 Å². The number of Topliss-reactive ketones (excluding diaryl/α,β-unsaturated/α-hetero) is 1. The number of furan rings is 1. The Hall–Kier alpha value is -4.00. The van der Waals surface area contributed by atoms with Crippen LogP contribution in [0.15, 0.2) is 64.6 Å². The fraction of sp³-hybridized carbons (Fsp3) is 0.286.